The van der Waals surface area contributed by atoms with Crippen LogP contribution in [-0.2, 0) is 19.5 Å². The summed E-state index contributed by atoms with van der Waals surface area (Å²) in [5.41, 5.74) is 2.53. The minimum absolute atomic E-state index is 0.702. The van der Waals surface area contributed by atoms with Gasteiger partial charge in [-0.15, -0.1) is 0 Å². The van der Waals surface area contributed by atoms with Crippen LogP contribution in [0.5, 0.6) is 5.75 Å². The fourth-order valence-corrected chi connectivity index (χ4v) is 3.37. The van der Waals surface area contributed by atoms with E-state index in [-0.39, 0.29) is 0 Å². The normalized spacial score (nSPS) is 16.8. The molecular formula is C16H18BrN3O. The summed E-state index contributed by atoms with van der Waals surface area (Å²) >= 11 is 3.60. The SMILES string of the molecule is Brc1cc2c(c(Cn3ccnc3CNC3CC3)c1)OCC2. The number of aromatic nitrogens is 2. The molecule has 1 aliphatic heterocycles. The van der Waals surface area contributed by atoms with Gasteiger partial charge in [0.15, 0.2) is 0 Å². The second kappa shape index (κ2) is 5.46. The molecule has 2 aromatic rings. The van der Waals surface area contributed by atoms with Crippen molar-refractivity contribution in [1.82, 2.24) is 14.9 Å². The number of nitrogens with zero attached hydrogens (tertiary/aromatic N) is 2. The Kier molecular flexibility index (Phi) is 3.47. The third-order valence-electron chi connectivity index (χ3n) is 4.09. The van der Waals surface area contributed by atoms with Crippen LogP contribution in [0.4, 0.5) is 0 Å². The minimum Gasteiger partial charge on any atom is -0.493 e. The quantitative estimate of drug-likeness (QED) is 0.903. The van der Waals surface area contributed by atoms with Crippen molar-refractivity contribution in [2.75, 3.05) is 6.61 Å². The summed E-state index contributed by atoms with van der Waals surface area (Å²) in [7, 11) is 0. The molecular weight excluding hydrogens is 330 g/mol. The first-order valence-electron chi connectivity index (χ1n) is 7.47. The predicted molar refractivity (Wildman–Crippen MR) is 84.5 cm³/mol. The Morgan fingerprint density at radius 2 is 2.29 bits per heavy atom. The Hall–Kier alpha value is -1.33. The van der Waals surface area contributed by atoms with Crippen LogP contribution in [0.15, 0.2) is 29.0 Å². The van der Waals surface area contributed by atoms with Crippen LogP contribution in [0.3, 0.4) is 0 Å². The van der Waals surface area contributed by atoms with Crippen molar-refractivity contribution in [3.63, 3.8) is 0 Å². The van der Waals surface area contributed by atoms with Crippen molar-refractivity contribution in [2.45, 2.75) is 38.4 Å². The molecule has 0 atom stereocenters. The lowest BCUT2D eigenvalue weighted by atomic mass is 10.1. The molecule has 1 aromatic heterocycles. The molecule has 2 aliphatic rings. The first kappa shape index (κ1) is 13.3. The van der Waals surface area contributed by atoms with Gasteiger partial charge in [-0.25, -0.2) is 4.98 Å². The van der Waals surface area contributed by atoms with Gasteiger partial charge in [-0.1, -0.05) is 15.9 Å². The highest BCUT2D eigenvalue weighted by atomic mass is 79.9. The van der Waals surface area contributed by atoms with Crippen LogP contribution in [0, 0.1) is 0 Å². The summed E-state index contributed by atoms with van der Waals surface area (Å²) in [6.07, 6.45) is 7.53. The minimum atomic E-state index is 0.702. The standard InChI is InChI=1S/C16H18BrN3O/c17-13-7-11-3-6-21-16(11)12(8-13)10-20-5-4-18-15(20)9-19-14-1-2-14/h4-5,7-8,14,19H,1-3,6,9-10H2. The maximum absolute atomic E-state index is 5.81. The number of halogens is 1. The van der Waals surface area contributed by atoms with Gasteiger partial charge in [0.25, 0.3) is 0 Å². The number of nitrogens with one attached hydrogen (secondary N) is 1. The Bertz CT molecular complexity index is 664. The van der Waals surface area contributed by atoms with E-state index in [4.69, 9.17) is 4.74 Å². The molecule has 0 unspecified atom stereocenters. The highest BCUT2D eigenvalue weighted by molar-refractivity contribution is 9.10. The summed E-state index contributed by atoms with van der Waals surface area (Å²) in [6, 6.07) is 5.02. The van der Waals surface area contributed by atoms with Crippen LogP contribution in [0.1, 0.15) is 29.8 Å². The highest BCUT2D eigenvalue weighted by Gasteiger charge is 2.21. The van der Waals surface area contributed by atoms with Crippen LogP contribution in [0.2, 0.25) is 0 Å². The average Bonchev–Trinajstić information content (AvgIpc) is 2.99. The van der Waals surface area contributed by atoms with Crippen molar-refractivity contribution in [1.29, 1.82) is 0 Å². The number of hydrogen-bond acceptors (Lipinski definition) is 3. The summed E-state index contributed by atoms with van der Waals surface area (Å²) in [5.74, 6) is 2.15. The molecule has 1 fully saturated rings. The smallest absolute Gasteiger partial charge is 0.127 e. The third-order valence-corrected chi connectivity index (χ3v) is 4.55. The van der Waals surface area contributed by atoms with E-state index in [2.05, 4.69) is 42.9 Å². The molecule has 1 saturated carbocycles. The molecule has 21 heavy (non-hydrogen) atoms. The Labute approximate surface area is 132 Å². The summed E-state index contributed by atoms with van der Waals surface area (Å²) in [5, 5.41) is 3.53. The van der Waals surface area contributed by atoms with E-state index >= 15 is 0 Å². The maximum Gasteiger partial charge on any atom is 0.127 e. The van der Waals surface area contributed by atoms with Gasteiger partial charge in [0.2, 0.25) is 0 Å². The molecule has 0 saturated heterocycles. The number of hydrogen-bond donors (Lipinski definition) is 1. The molecule has 0 spiro atoms. The van der Waals surface area contributed by atoms with Gasteiger partial charge >= 0.3 is 0 Å². The Morgan fingerprint density at radius 1 is 1.38 bits per heavy atom. The zero-order valence-corrected chi connectivity index (χ0v) is 13.4. The van der Waals surface area contributed by atoms with Gasteiger partial charge in [0.05, 0.1) is 19.7 Å². The van der Waals surface area contributed by atoms with Gasteiger partial charge in [-0.3, -0.25) is 0 Å². The van der Waals surface area contributed by atoms with E-state index in [1.165, 1.54) is 24.0 Å². The fourth-order valence-electron chi connectivity index (χ4n) is 2.82. The van der Waals surface area contributed by atoms with Crippen LogP contribution in [0.25, 0.3) is 0 Å². The van der Waals surface area contributed by atoms with Crippen molar-refractivity contribution in [3.05, 3.63) is 46.0 Å². The zero-order chi connectivity index (χ0) is 14.2. The lowest BCUT2D eigenvalue weighted by Crippen LogP contribution is -2.19. The lowest BCUT2D eigenvalue weighted by molar-refractivity contribution is 0.352. The van der Waals surface area contributed by atoms with E-state index < -0.39 is 0 Å². The van der Waals surface area contributed by atoms with E-state index in [1.54, 1.807) is 0 Å². The van der Waals surface area contributed by atoms with Gasteiger partial charge < -0.3 is 14.6 Å². The van der Waals surface area contributed by atoms with E-state index in [1.807, 2.05) is 12.4 Å². The monoisotopic (exact) mass is 347 g/mol. The third kappa shape index (κ3) is 2.85. The topological polar surface area (TPSA) is 39.1 Å². The molecule has 4 rings (SSSR count). The fraction of sp³-hybridized carbons (Fsp3) is 0.438. The molecule has 1 aromatic carbocycles. The van der Waals surface area contributed by atoms with Crippen molar-refractivity contribution >= 4 is 15.9 Å². The summed E-state index contributed by atoms with van der Waals surface area (Å²) in [4.78, 5) is 4.48. The molecule has 4 nitrogen and oxygen atoms in total. The Balaban J connectivity index is 1.57. The zero-order valence-electron chi connectivity index (χ0n) is 11.8. The number of fused-ring (bicyclic) bond motifs is 1. The second-order valence-corrected chi connectivity index (χ2v) is 6.69. The first-order chi connectivity index (χ1) is 10.3. The molecule has 0 radical (unpaired) electrons. The predicted octanol–water partition coefficient (Wildman–Crippen LogP) is 2.88. The largest absolute Gasteiger partial charge is 0.493 e. The van der Waals surface area contributed by atoms with Crippen molar-refractivity contribution < 1.29 is 4.74 Å². The van der Waals surface area contributed by atoms with Gasteiger partial charge in [0.1, 0.15) is 11.6 Å². The lowest BCUT2D eigenvalue weighted by Gasteiger charge is -2.12. The number of imidazole rings is 1. The molecule has 1 aliphatic carbocycles. The number of rotatable bonds is 5. The number of benzene rings is 1. The van der Waals surface area contributed by atoms with Gasteiger partial charge in [-0.2, -0.15) is 0 Å². The van der Waals surface area contributed by atoms with Crippen molar-refractivity contribution in [2.24, 2.45) is 0 Å². The molecule has 110 valence electrons. The molecule has 1 N–H and O–H groups in total. The van der Waals surface area contributed by atoms with Crippen LogP contribution < -0.4 is 10.1 Å². The summed E-state index contributed by atoms with van der Waals surface area (Å²) < 4.78 is 9.14. The van der Waals surface area contributed by atoms with Crippen LogP contribution in [-0.4, -0.2) is 22.2 Å². The number of ether oxygens (including phenoxy) is 1. The second-order valence-electron chi connectivity index (χ2n) is 5.78. The molecule has 5 heteroatoms. The Morgan fingerprint density at radius 3 is 3.14 bits per heavy atom. The van der Waals surface area contributed by atoms with E-state index in [0.29, 0.717) is 6.04 Å². The molecule has 0 amide bonds. The first-order valence-corrected chi connectivity index (χ1v) is 8.26. The maximum atomic E-state index is 5.81. The van der Waals surface area contributed by atoms with Gasteiger partial charge in [-0.05, 0) is 30.5 Å². The average molecular weight is 348 g/mol. The van der Waals surface area contributed by atoms with E-state index in [9.17, 15) is 0 Å². The van der Waals surface area contributed by atoms with E-state index in [0.717, 1.165) is 42.2 Å². The van der Waals surface area contributed by atoms with Crippen molar-refractivity contribution in [3.8, 4) is 5.75 Å². The molecule has 0 bridgehead atoms. The van der Waals surface area contributed by atoms with Crippen LogP contribution >= 0.6 is 15.9 Å². The van der Waals surface area contributed by atoms with Gasteiger partial charge in [0, 0.05) is 34.9 Å². The molecule has 2 heterocycles. The summed E-state index contributed by atoms with van der Waals surface area (Å²) in [6.45, 7) is 2.44. The highest BCUT2D eigenvalue weighted by Crippen LogP contribution is 2.33.